The van der Waals surface area contributed by atoms with Crippen LogP contribution < -0.4 is 25.0 Å². The first-order chi connectivity index (χ1) is 17.4. The number of ether oxygens (including phenoxy) is 2. The highest BCUT2D eigenvalue weighted by Gasteiger charge is 2.24. The molecule has 2 aromatic carbocycles. The van der Waals surface area contributed by atoms with E-state index in [4.69, 9.17) is 9.47 Å². The summed E-state index contributed by atoms with van der Waals surface area (Å²) in [5.74, 6) is -2.00. The standard InChI is InChI=1S/C25H28FN3O6S/c26-17-5-4-8-20(11-17)29(13-23(30)27-18-6-2-1-3-7-18)25(32)15-36(33)14-24(31)28-19-9-10-21-22(12-19)35-16-34-21/h4-5,8-12,18H,1-3,6-7,13-16H2,(H,27,30)(H,28,31). The number of fused-ring (bicyclic) bond motifs is 1. The molecule has 1 atom stereocenters. The molecule has 0 aromatic heterocycles. The maximum atomic E-state index is 13.9. The molecule has 0 spiro atoms. The zero-order chi connectivity index (χ0) is 25.5. The fourth-order valence-electron chi connectivity index (χ4n) is 4.22. The number of nitrogens with zero attached hydrogens (tertiary/aromatic N) is 1. The van der Waals surface area contributed by atoms with Gasteiger partial charge in [0.1, 0.15) is 23.9 Å². The molecule has 1 saturated carbocycles. The number of halogens is 1. The molecule has 3 amide bonds. The molecule has 1 aliphatic heterocycles. The third kappa shape index (κ3) is 7.03. The van der Waals surface area contributed by atoms with Gasteiger partial charge in [-0.05, 0) is 43.2 Å². The quantitative estimate of drug-likeness (QED) is 0.529. The van der Waals surface area contributed by atoms with Gasteiger partial charge in [-0.1, -0.05) is 25.3 Å². The number of nitrogens with one attached hydrogen (secondary N) is 2. The van der Waals surface area contributed by atoms with E-state index in [1.54, 1.807) is 18.2 Å². The lowest BCUT2D eigenvalue weighted by molar-refractivity contribution is -0.123. The molecule has 1 fully saturated rings. The second kappa shape index (κ2) is 12.0. The van der Waals surface area contributed by atoms with E-state index in [9.17, 15) is 23.0 Å². The Bertz CT molecular complexity index is 1150. The van der Waals surface area contributed by atoms with Crippen LogP contribution in [0.5, 0.6) is 11.5 Å². The maximum absolute atomic E-state index is 13.9. The molecule has 0 bridgehead atoms. The number of rotatable bonds is 9. The van der Waals surface area contributed by atoms with Crippen molar-refractivity contribution in [2.75, 3.05) is 35.1 Å². The lowest BCUT2D eigenvalue weighted by Crippen LogP contribution is -2.46. The number of carbonyl (C=O) groups excluding carboxylic acids is 3. The Morgan fingerprint density at radius 1 is 0.972 bits per heavy atom. The van der Waals surface area contributed by atoms with E-state index in [0.29, 0.717) is 17.2 Å². The first-order valence-electron chi connectivity index (χ1n) is 11.8. The average Bonchev–Trinajstić information content (AvgIpc) is 3.31. The van der Waals surface area contributed by atoms with Crippen LogP contribution in [0, 0.1) is 5.82 Å². The molecule has 1 unspecified atom stereocenters. The third-order valence-corrected chi connectivity index (χ3v) is 7.08. The molecular weight excluding hydrogens is 489 g/mol. The van der Waals surface area contributed by atoms with Crippen LogP contribution >= 0.6 is 0 Å². The van der Waals surface area contributed by atoms with Crippen molar-refractivity contribution in [3.63, 3.8) is 0 Å². The predicted molar refractivity (Wildman–Crippen MR) is 133 cm³/mol. The fraction of sp³-hybridized carbons (Fsp3) is 0.400. The van der Waals surface area contributed by atoms with Crippen LogP contribution in [0.3, 0.4) is 0 Å². The second-order valence-corrected chi connectivity index (χ2v) is 10.2. The van der Waals surface area contributed by atoms with Crippen LogP contribution in [-0.4, -0.2) is 52.8 Å². The summed E-state index contributed by atoms with van der Waals surface area (Å²) in [7, 11) is -1.86. The topological polar surface area (TPSA) is 114 Å². The zero-order valence-corrected chi connectivity index (χ0v) is 20.5. The minimum atomic E-state index is -1.86. The number of amides is 3. The molecule has 36 heavy (non-hydrogen) atoms. The number of hydrogen-bond donors (Lipinski definition) is 2. The fourth-order valence-corrected chi connectivity index (χ4v) is 5.11. The number of anilines is 2. The van der Waals surface area contributed by atoms with Crippen molar-refractivity contribution in [3.8, 4) is 11.5 Å². The highest BCUT2D eigenvalue weighted by molar-refractivity contribution is 7.86. The molecule has 4 rings (SSSR count). The summed E-state index contributed by atoms with van der Waals surface area (Å²) in [6.45, 7) is -0.237. The molecular formula is C25H28FN3O6S. The van der Waals surface area contributed by atoms with Gasteiger partial charge in [-0.2, -0.15) is 0 Å². The van der Waals surface area contributed by atoms with Gasteiger partial charge in [-0.25, -0.2) is 4.39 Å². The largest absolute Gasteiger partial charge is 0.454 e. The lowest BCUT2D eigenvalue weighted by atomic mass is 9.95. The van der Waals surface area contributed by atoms with Crippen LogP contribution in [-0.2, 0) is 25.2 Å². The van der Waals surface area contributed by atoms with Gasteiger partial charge in [-0.3, -0.25) is 18.6 Å². The van der Waals surface area contributed by atoms with Gasteiger partial charge in [0.05, 0.1) is 0 Å². The van der Waals surface area contributed by atoms with Crippen molar-refractivity contribution in [1.82, 2.24) is 5.32 Å². The van der Waals surface area contributed by atoms with Crippen molar-refractivity contribution in [1.29, 1.82) is 0 Å². The first kappa shape index (κ1) is 25.6. The van der Waals surface area contributed by atoms with Gasteiger partial charge in [-0.15, -0.1) is 0 Å². The van der Waals surface area contributed by atoms with E-state index in [2.05, 4.69) is 10.6 Å². The SMILES string of the molecule is O=C(CS(=O)CC(=O)N(CC(=O)NC1CCCCC1)c1cccc(F)c1)Nc1ccc2c(c1)OCO2. The summed E-state index contributed by atoms with van der Waals surface area (Å²) in [6, 6.07) is 10.2. The van der Waals surface area contributed by atoms with E-state index < -0.39 is 39.9 Å². The van der Waals surface area contributed by atoms with Gasteiger partial charge >= 0.3 is 0 Å². The minimum Gasteiger partial charge on any atom is -0.454 e. The van der Waals surface area contributed by atoms with Crippen LogP contribution in [0.4, 0.5) is 15.8 Å². The van der Waals surface area contributed by atoms with Gasteiger partial charge in [0.2, 0.25) is 24.5 Å². The molecule has 192 valence electrons. The number of carbonyl (C=O) groups is 3. The molecule has 0 saturated heterocycles. The Balaban J connectivity index is 1.36. The third-order valence-electron chi connectivity index (χ3n) is 5.93. The van der Waals surface area contributed by atoms with E-state index in [-0.39, 0.29) is 31.0 Å². The highest BCUT2D eigenvalue weighted by Crippen LogP contribution is 2.34. The van der Waals surface area contributed by atoms with Gasteiger partial charge in [0.15, 0.2) is 11.5 Å². The summed E-state index contributed by atoms with van der Waals surface area (Å²) in [5, 5.41) is 5.55. The van der Waals surface area contributed by atoms with Crippen molar-refractivity contribution in [3.05, 3.63) is 48.3 Å². The number of benzene rings is 2. The van der Waals surface area contributed by atoms with Gasteiger partial charge < -0.3 is 25.0 Å². The maximum Gasteiger partial charge on any atom is 0.240 e. The molecule has 1 aliphatic carbocycles. The normalized spacial score (nSPS) is 15.7. The monoisotopic (exact) mass is 517 g/mol. The van der Waals surface area contributed by atoms with Gasteiger partial charge in [0, 0.05) is 34.3 Å². The molecule has 2 aliphatic rings. The second-order valence-electron chi connectivity index (χ2n) is 8.71. The number of hydrogen-bond acceptors (Lipinski definition) is 6. The van der Waals surface area contributed by atoms with E-state index in [1.165, 1.54) is 18.2 Å². The summed E-state index contributed by atoms with van der Waals surface area (Å²) >= 11 is 0. The van der Waals surface area contributed by atoms with Gasteiger partial charge in [0.25, 0.3) is 0 Å². The summed E-state index contributed by atoms with van der Waals surface area (Å²) in [5.41, 5.74) is 0.619. The smallest absolute Gasteiger partial charge is 0.240 e. The van der Waals surface area contributed by atoms with Crippen LogP contribution in [0.1, 0.15) is 32.1 Å². The first-order valence-corrected chi connectivity index (χ1v) is 13.3. The molecule has 1 heterocycles. The Morgan fingerprint density at radius 3 is 2.53 bits per heavy atom. The Kier molecular flexibility index (Phi) is 8.52. The van der Waals surface area contributed by atoms with E-state index >= 15 is 0 Å². The highest BCUT2D eigenvalue weighted by atomic mass is 32.2. The molecule has 9 nitrogen and oxygen atoms in total. The molecule has 2 N–H and O–H groups in total. The van der Waals surface area contributed by atoms with Crippen molar-refractivity contribution >= 4 is 39.9 Å². The summed E-state index contributed by atoms with van der Waals surface area (Å²) < 4.78 is 37.0. The summed E-state index contributed by atoms with van der Waals surface area (Å²) in [4.78, 5) is 39.2. The Hall–Kier alpha value is -3.47. The van der Waals surface area contributed by atoms with E-state index in [1.807, 2.05) is 0 Å². The molecule has 0 radical (unpaired) electrons. The average molecular weight is 518 g/mol. The zero-order valence-electron chi connectivity index (χ0n) is 19.7. The van der Waals surface area contributed by atoms with Crippen molar-refractivity contribution < 1.29 is 32.5 Å². The lowest BCUT2D eigenvalue weighted by Gasteiger charge is -2.26. The van der Waals surface area contributed by atoms with Crippen LogP contribution in [0.15, 0.2) is 42.5 Å². The van der Waals surface area contributed by atoms with E-state index in [0.717, 1.165) is 43.1 Å². The summed E-state index contributed by atoms with van der Waals surface area (Å²) in [6.07, 6.45) is 4.95. The Labute approximate surface area is 210 Å². The Morgan fingerprint density at radius 2 is 1.75 bits per heavy atom. The molecule has 11 heteroatoms. The predicted octanol–water partition coefficient (Wildman–Crippen LogP) is 2.72. The molecule has 2 aromatic rings. The minimum absolute atomic E-state index is 0.0460. The van der Waals surface area contributed by atoms with Crippen LogP contribution in [0.2, 0.25) is 0 Å². The van der Waals surface area contributed by atoms with Crippen LogP contribution in [0.25, 0.3) is 0 Å². The van der Waals surface area contributed by atoms with Crippen molar-refractivity contribution in [2.24, 2.45) is 0 Å². The van der Waals surface area contributed by atoms with Crippen molar-refractivity contribution in [2.45, 2.75) is 38.1 Å².